The Kier molecular flexibility index (Phi) is 26.6. The standard InChI is InChI=1S/C29H34N4O3.C26H28N4O2.C25H27N3O.CH3I.CH4/c1-20-27(26(34)19-32-15-7-6-8-16-32)24-17-23(31(5)28(35)36-29(2,3)4)13-14-25(24)33(20)22-11-9-21(18-30)10-12-22;1-18-26(25(32)17-29-13-5-4-6-14-29)23-15-22(28(3)19(2)31)11-12-24(23)30(18)21-9-7-20(16-27)8-10-21;1-3-19-9-12-23-22(15-19)25(24(29)17-27-13-5-4-6-14-27)18(2)28(23)21-10-7-20(16-26)8-11-21;1-2;/h9-14,17H,6-8,15-16,19H2,1-5H3;7-12,15H,4-6,13-14,17H2,1-3H3;7-12,15H,3-6,13-14,17H2,1-2H3;1H3;1H4. The summed E-state index contributed by atoms with van der Waals surface area (Å²) < 4.78 is 11.8. The molecule has 18 heteroatoms. The Morgan fingerprint density at radius 2 is 0.760 bits per heavy atom. The van der Waals surface area contributed by atoms with Crippen LogP contribution in [-0.4, -0.2) is 141 Å². The first-order valence-corrected chi connectivity index (χ1v) is 36.6. The fourth-order valence-electron chi connectivity index (χ4n) is 13.8. The zero-order chi connectivity index (χ0) is 71.2. The van der Waals surface area contributed by atoms with E-state index in [-0.39, 0.29) is 30.7 Å². The fourth-order valence-corrected chi connectivity index (χ4v) is 13.8. The largest absolute Gasteiger partial charge is 0.443 e. The van der Waals surface area contributed by atoms with Crippen LogP contribution in [0.15, 0.2) is 127 Å². The lowest BCUT2D eigenvalue weighted by Gasteiger charge is -2.25. The van der Waals surface area contributed by atoms with E-state index in [1.54, 1.807) is 43.3 Å². The molecule has 2 amide bonds. The van der Waals surface area contributed by atoms with Crippen LogP contribution < -0.4 is 9.80 Å². The third-order valence-corrected chi connectivity index (χ3v) is 19.0. The van der Waals surface area contributed by atoms with Gasteiger partial charge < -0.3 is 23.3 Å². The number of hydrogen-bond donors (Lipinski definition) is 0. The third-order valence-electron chi connectivity index (χ3n) is 19.0. The maximum atomic E-state index is 13.7. The van der Waals surface area contributed by atoms with Crippen molar-refractivity contribution in [2.45, 2.75) is 133 Å². The average molecular weight is 1460 g/mol. The van der Waals surface area contributed by atoms with Crippen molar-refractivity contribution in [3.8, 4) is 35.3 Å². The molecule has 12 rings (SSSR count). The van der Waals surface area contributed by atoms with Crippen LogP contribution in [0.4, 0.5) is 16.2 Å². The minimum atomic E-state index is -0.611. The molecule has 100 heavy (non-hydrogen) atoms. The highest BCUT2D eigenvalue weighted by molar-refractivity contribution is 14.1. The first-order valence-electron chi connectivity index (χ1n) is 34.4. The average Bonchev–Trinajstić information content (AvgIpc) is 1.61. The molecule has 17 nitrogen and oxygen atoms in total. The minimum Gasteiger partial charge on any atom is -0.443 e. The van der Waals surface area contributed by atoms with Crippen LogP contribution in [0, 0.1) is 54.8 Å². The van der Waals surface area contributed by atoms with Gasteiger partial charge >= 0.3 is 6.09 Å². The number of likely N-dealkylation sites (tertiary alicyclic amines) is 3. The van der Waals surface area contributed by atoms with Crippen molar-refractivity contribution < 1.29 is 28.7 Å². The van der Waals surface area contributed by atoms with E-state index in [9.17, 15) is 29.2 Å². The van der Waals surface area contributed by atoms with Crippen LogP contribution in [0.25, 0.3) is 49.8 Å². The molecular weight excluding hydrogens is 1360 g/mol. The van der Waals surface area contributed by atoms with Crippen molar-refractivity contribution in [2.75, 3.05) is 87.7 Å². The van der Waals surface area contributed by atoms with E-state index >= 15 is 0 Å². The van der Waals surface area contributed by atoms with Gasteiger partial charge in [-0.25, -0.2) is 4.79 Å². The Labute approximate surface area is 604 Å². The van der Waals surface area contributed by atoms with E-state index < -0.39 is 11.7 Å². The van der Waals surface area contributed by atoms with Crippen molar-refractivity contribution in [2.24, 2.45) is 0 Å². The molecule has 0 saturated carbocycles. The lowest BCUT2D eigenvalue weighted by atomic mass is 10.0. The lowest BCUT2D eigenvalue weighted by Crippen LogP contribution is -2.34. The van der Waals surface area contributed by atoms with Crippen molar-refractivity contribution in [1.29, 1.82) is 15.8 Å². The summed E-state index contributed by atoms with van der Waals surface area (Å²) in [7, 11) is 3.41. The smallest absolute Gasteiger partial charge is 0.414 e. The van der Waals surface area contributed by atoms with Crippen LogP contribution in [0.3, 0.4) is 0 Å². The number of Topliss-reactive ketones (excluding diaryl/α,β-unsaturated/α-hetero) is 3. The number of rotatable bonds is 15. The highest BCUT2D eigenvalue weighted by Crippen LogP contribution is 2.37. The molecule has 522 valence electrons. The fraction of sp³-hybridized carbons (Fsp3) is 0.390. The molecule has 0 aliphatic carbocycles. The van der Waals surface area contributed by atoms with Crippen LogP contribution in [0.5, 0.6) is 0 Å². The lowest BCUT2D eigenvalue weighted by molar-refractivity contribution is -0.116. The van der Waals surface area contributed by atoms with Gasteiger partial charge in [0.15, 0.2) is 17.3 Å². The number of piperidine rings is 3. The number of benzene rings is 6. The number of aryl methyl sites for hydroxylation is 1. The van der Waals surface area contributed by atoms with Crippen LogP contribution in [0.2, 0.25) is 0 Å². The molecule has 6 heterocycles. The van der Waals surface area contributed by atoms with E-state index in [1.165, 1.54) is 49.5 Å². The molecular formula is C82H96IN11O6. The molecule has 3 aromatic heterocycles. The van der Waals surface area contributed by atoms with Gasteiger partial charge in [0.1, 0.15) is 5.60 Å². The summed E-state index contributed by atoms with van der Waals surface area (Å²) in [6.45, 7) is 22.2. The Bertz CT molecular complexity index is 4540. The zero-order valence-corrected chi connectivity index (χ0v) is 61.5. The number of carbonyl (C=O) groups excluding carboxylic acids is 5. The summed E-state index contributed by atoms with van der Waals surface area (Å²) in [5.41, 5.74) is 14.3. The third kappa shape index (κ3) is 17.7. The Morgan fingerprint density at radius 3 is 1.05 bits per heavy atom. The molecule has 9 aromatic rings. The van der Waals surface area contributed by atoms with Gasteiger partial charge in [0.05, 0.1) is 71.1 Å². The van der Waals surface area contributed by atoms with E-state index in [4.69, 9.17) is 15.3 Å². The number of amides is 2. The van der Waals surface area contributed by atoms with E-state index in [0.29, 0.717) is 53.1 Å². The molecule has 3 saturated heterocycles. The van der Waals surface area contributed by atoms with Gasteiger partial charge in [-0.3, -0.25) is 38.8 Å². The molecule has 0 radical (unpaired) electrons. The van der Waals surface area contributed by atoms with Gasteiger partial charge in [-0.05, 0) is 258 Å². The summed E-state index contributed by atoms with van der Waals surface area (Å²) >= 11 is 2.15. The monoisotopic (exact) mass is 1460 g/mol. The maximum Gasteiger partial charge on any atom is 0.414 e. The van der Waals surface area contributed by atoms with Gasteiger partial charge in [-0.15, -0.1) is 0 Å². The number of anilines is 2. The van der Waals surface area contributed by atoms with Crippen LogP contribution in [-0.2, 0) is 16.0 Å². The Balaban J connectivity index is 0.000000188. The summed E-state index contributed by atoms with van der Waals surface area (Å²) in [4.78, 5) is 77.1. The van der Waals surface area contributed by atoms with Crippen molar-refractivity contribution in [3.05, 3.63) is 183 Å². The predicted molar refractivity (Wildman–Crippen MR) is 412 cm³/mol. The molecule has 0 atom stereocenters. The number of halogens is 1. The topological polar surface area (TPSA) is 197 Å². The van der Waals surface area contributed by atoms with Gasteiger partial charge in [0, 0.05) is 99.4 Å². The van der Waals surface area contributed by atoms with Crippen molar-refractivity contribution in [1.82, 2.24) is 28.4 Å². The van der Waals surface area contributed by atoms with Crippen LogP contribution >= 0.6 is 22.6 Å². The maximum absolute atomic E-state index is 13.7. The Hall–Kier alpha value is -9.23. The number of aromatic nitrogens is 3. The van der Waals surface area contributed by atoms with E-state index in [0.717, 1.165) is 149 Å². The summed E-state index contributed by atoms with van der Waals surface area (Å²) in [6, 6.07) is 46.7. The summed E-state index contributed by atoms with van der Waals surface area (Å²) in [6.07, 6.45) is 11.0. The number of ether oxygens (including phenoxy) is 1. The number of ketones is 3. The van der Waals surface area contributed by atoms with Gasteiger partial charge in [-0.2, -0.15) is 15.8 Å². The molecule has 0 spiro atoms. The molecule has 0 bridgehead atoms. The van der Waals surface area contributed by atoms with Gasteiger partial charge in [-0.1, -0.05) is 62.3 Å². The first kappa shape index (κ1) is 76.5. The highest BCUT2D eigenvalue weighted by Gasteiger charge is 2.29. The second kappa shape index (κ2) is 34.7. The predicted octanol–water partition coefficient (Wildman–Crippen LogP) is 17.0. The number of fused-ring (bicyclic) bond motifs is 3. The highest BCUT2D eigenvalue weighted by atomic mass is 127. The molecule has 3 fully saturated rings. The number of hydrogen-bond acceptors (Lipinski definition) is 12. The molecule has 6 aromatic carbocycles. The number of carbonyl (C=O) groups is 5. The molecule has 0 unspecified atom stereocenters. The molecule has 3 aliphatic heterocycles. The van der Waals surface area contributed by atoms with Crippen molar-refractivity contribution >= 4 is 96.0 Å². The van der Waals surface area contributed by atoms with Crippen molar-refractivity contribution in [3.63, 3.8) is 0 Å². The number of alkyl halides is 1. The second-order valence-corrected chi connectivity index (χ2v) is 26.9. The van der Waals surface area contributed by atoms with Gasteiger partial charge in [0.25, 0.3) is 0 Å². The summed E-state index contributed by atoms with van der Waals surface area (Å²) in [5.74, 6) is 0.317. The molecule has 0 N–H and O–H groups in total. The van der Waals surface area contributed by atoms with Gasteiger partial charge in [0.2, 0.25) is 5.91 Å². The van der Waals surface area contributed by atoms with E-state index in [2.05, 4.69) is 94.3 Å². The van der Waals surface area contributed by atoms with Crippen LogP contribution in [0.1, 0.15) is 170 Å². The normalized spacial score (nSPS) is 14.1. The first-order chi connectivity index (χ1) is 47.6. The molecule has 3 aliphatic rings. The quantitative estimate of drug-likeness (QED) is 0.0536. The zero-order valence-electron chi connectivity index (χ0n) is 59.3. The SMILES string of the molecule is C.CC(=O)N(C)c1ccc2c(c1)c(C(=O)CN1CCCCC1)c(C)n2-c1ccc(C#N)cc1.CCc1ccc2c(c1)c(C(=O)CN1CCCCC1)c(C)n2-c1ccc(C#N)cc1.CI.Cc1c(C(=O)CN2CCCCC2)c2cc(N(C)C(=O)OC(C)(C)C)ccc2n1-c1ccc(C#N)cc1. The van der Waals surface area contributed by atoms with E-state index in [1.807, 2.05) is 131 Å². The second-order valence-electron chi connectivity index (χ2n) is 26.9. The summed E-state index contributed by atoms with van der Waals surface area (Å²) in [5, 5.41) is 30.1. The Morgan fingerprint density at radius 1 is 0.460 bits per heavy atom. The number of nitrogens with zero attached hydrogens (tertiary/aromatic N) is 11. The minimum absolute atomic E-state index is 0. The number of nitriles is 3.